The molecule has 4 nitrogen and oxygen atoms in total. The first-order chi connectivity index (χ1) is 10.1. The van der Waals surface area contributed by atoms with Crippen LogP contribution in [0.4, 0.5) is 0 Å². The smallest absolute Gasteiger partial charge is 0.161 e. The van der Waals surface area contributed by atoms with Crippen molar-refractivity contribution in [3.63, 3.8) is 0 Å². The van der Waals surface area contributed by atoms with E-state index in [0.717, 1.165) is 12.0 Å². The number of hydrogen-bond donors (Lipinski definition) is 0. The van der Waals surface area contributed by atoms with Gasteiger partial charge in [0, 0.05) is 24.7 Å². The highest BCUT2D eigenvalue weighted by atomic mass is 16.5. The Hall–Kier alpha value is -2.02. The molecule has 21 heavy (non-hydrogen) atoms. The van der Waals surface area contributed by atoms with Gasteiger partial charge >= 0.3 is 0 Å². The number of benzene rings is 1. The van der Waals surface area contributed by atoms with Gasteiger partial charge < -0.3 is 9.47 Å². The molecule has 2 unspecified atom stereocenters. The van der Waals surface area contributed by atoms with Gasteiger partial charge in [-0.3, -0.25) is 4.79 Å². The van der Waals surface area contributed by atoms with Crippen LogP contribution in [0.15, 0.2) is 18.2 Å². The number of carbonyl (C=O) groups excluding carboxylic acids is 1. The lowest BCUT2D eigenvalue weighted by Crippen LogP contribution is -2.39. The Kier molecular flexibility index (Phi) is 4.52. The highest BCUT2D eigenvalue weighted by Gasteiger charge is 2.42. The summed E-state index contributed by atoms with van der Waals surface area (Å²) in [6.07, 6.45) is 2.21. The lowest BCUT2D eigenvalue weighted by Gasteiger charge is -2.41. The molecule has 1 aromatic carbocycles. The molecule has 4 heteroatoms. The fourth-order valence-electron chi connectivity index (χ4n) is 3.33. The van der Waals surface area contributed by atoms with Crippen molar-refractivity contribution in [2.45, 2.75) is 38.0 Å². The van der Waals surface area contributed by atoms with E-state index in [4.69, 9.17) is 9.47 Å². The molecule has 0 N–H and O–H groups in total. The van der Waals surface area contributed by atoms with Crippen LogP contribution in [0.5, 0.6) is 11.5 Å². The summed E-state index contributed by atoms with van der Waals surface area (Å²) >= 11 is 0. The molecule has 1 fully saturated rings. The third kappa shape index (κ3) is 2.73. The summed E-state index contributed by atoms with van der Waals surface area (Å²) in [7, 11) is 3.21. The molecule has 1 aliphatic rings. The highest BCUT2D eigenvalue weighted by molar-refractivity contribution is 5.80. The van der Waals surface area contributed by atoms with Crippen LogP contribution in [0.2, 0.25) is 0 Å². The van der Waals surface area contributed by atoms with Crippen LogP contribution in [0.25, 0.3) is 0 Å². The standard InChI is InChI=1S/C17H21NO3/c1-12-10-14(19)6-7-17(12,8-9-18)13-4-5-15(20-2)16(11-13)21-3/h4-5,11-12H,6-8,10H2,1-3H3. The average molecular weight is 287 g/mol. The molecule has 0 amide bonds. The van der Waals surface area contributed by atoms with Crippen LogP contribution in [0.1, 0.15) is 38.2 Å². The SMILES string of the molecule is COc1ccc(C2(CC#N)CCC(=O)CC2C)cc1OC. The van der Waals surface area contributed by atoms with Crippen LogP contribution < -0.4 is 9.47 Å². The molecule has 0 aliphatic heterocycles. The van der Waals surface area contributed by atoms with Crippen LogP contribution in [-0.2, 0) is 10.2 Å². The molecule has 0 saturated heterocycles. The van der Waals surface area contributed by atoms with Crippen LogP contribution >= 0.6 is 0 Å². The number of carbonyl (C=O) groups is 1. The summed E-state index contributed by atoms with van der Waals surface area (Å²) in [4.78, 5) is 11.7. The quantitative estimate of drug-likeness (QED) is 0.853. The van der Waals surface area contributed by atoms with Crippen LogP contribution in [0, 0.1) is 17.2 Å². The normalized spacial score (nSPS) is 25.2. The average Bonchev–Trinajstić information content (AvgIpc) is 2.49. The first-order valence-electron chi connectivity index (χ1n) is 7.18. The summed E-state index contributed by atoms with van der Waals surface area (Å²) in [6, 6.07) is 8.11. The van der Waals surface area contributed by atoms with Gasteiger partial charge in [-0.1, -0.05) is 13.0 Å². The molecule has 1 saturated carbocycles. The topological polar surface area (TPSA) is 59.3 Å². The summed E-state index contributed by atoms with van der Waals surface area (Å²) in [5.74, 6) is 1.78. The second-order valence-electron chi connectivity index (χ2n) is 5.70. The van der Waals surface area contributed by atoms with E-state index >= 15 is 0 Å². The van der Waals surface area contributed by atoms with Crippen molar-refractivity contribution < 1.29 is 14.3 Å². The van der Waals surface area contributed by atoms with E-state index in [2.05, 4.69) is 13.0 Å². The minimum atomic E-state index is -0.276. The molecule has 1 aliphatic carbocycles. The van der Waals surface area contributed by atoms with Crippen molar-refractivity contribution in [3.8, 4) is 17.6 Å². The second kappa shape index (κ2) is 6.17. The maximum Gasteiger partial charge on any atom is 0.161 e. The zero-order chi connectivity index (χ0) is 15.5. The summed E-state index contributed by atoms with van der Waals surface area (Å²) in [5, 5.41) is 9.27. The number of rotatable bonds is 4. The first-order valence-corrected chi connectivity index (χ1v) is 7.18. The minimum Gasteiger partial charge on any atom is -0.493 e. The van der Waals surface area contributed by atoms with Crippen molar-refractivity contribution >= 4 is 5.78 Å². The van der Waals surface area contributed by atoms with Crippen molar-refractivity contribution in [1.29, 1.82) is 5.26 Å². The third-order valence-electron chi connectivity index (χ3n) is 4.68. The van der Waals surface area contributed by atoms with Gasteiger partial charge in [0.2, 0.25) is 0 Å². The van der Waals surface area contributed by atoms with E-state index in [1.54, 1.807) is 14.2 Å². The molecule has 0 heterocycles. The van der Waals surface area contributed by atoms with Gasteiger partial charge in [0.15, 0.2) is 11.5 Å². The van der Waals surface area contributed by atoms with Gasteiger partial charge in [0.05, 0.1) is 20.3 Å². The number of ketones is 1. The lowest BCUT2D eigenvalue weighted by molar-refractivity contribution is -0.123. The Morgan fingerprint density at radius 2 is 2.05 bits per heavy atom. The maximum atomic E-state index is 11.7. The third-order valence-corrected chi connectivity index (χ3v) is 4.68. The van der Waals surface area contributed by atoms with Gasteiger partial charge in [0.1, 0.15) is 5.78 Å². The number of hydrogen-bond acceptors (Lipinski definition) is 4. The Balaban J connectivity index is 2.48. The van der Waals surface area contributed by atoms with Gasteiger partial charge in [-0.2, -0.15) is 5.26 Å². The van der Waals surface area contributed by atoms with Crippen molar-refractivity contribution in [2.75, 3.05) is 14.2 Å². The summed E-state index contributed by atoms with van der Waals surface area (Å²) in [6.45, 7) is 2.06. The monoisotopic (exact) mass is 287 g/mol. The van der Waals surface area contributed by atoms with E-state index in [1.165, 1.54) is 0 Å². The molecular formula is C17H21NO3. The molecule has 2 atom stereocenters. The zero-order valence-corrected chi connectivity index (χ0v) is 12.8. The van der Waals surface area contributed by atoms with E-state index in [0.29, 0.717) is 30.8 Å². The Bertz CT molecular complexity index is 576. The second-order valence-corrected chi connectivity index (χ2v) is 5.70. The molecule has 112 valence electrons. The van der Waals surface area contributed by atoms with Crippen LogP contribution in [-0.4, -0.2) is 20.0 Å². The minimum absolute atomic E-state index is 0.150. The van der Waals surface area contributed by atoms with Crippen molar-refractivity contribution in [1.82, 2.24) is 0 Å². The molecule has 0 spiro atoms. The molecule has 2 rings (SSSR count). The largest absolute Gasteiger partial charge is 0.493 e. The number of nitrogens with zero attached hydrogens (tertiary/aromatic N) is 1. The van der Waals surface area contributed by atoms with Gasteiger partial charge in [-0.05, 0) is 30.0 Å². The van der Waals surface area contributed by atoms with E-state index in [-0.39, 0.29) is 17.1 Å². The molecule has 1 aromatic rings. The zero-order valence-electron chi connectivity index (χ0n) is 12.8. The van der Waals surface area contributed by atoms with Crippen molar-refractivity contribution in [3.05, 3.63) is 23.8 Å². The summed E-state index contributed by atoms with van der Waals surface area (Å²) < 4.78 is 10.6. The van der Waals surface area contributed by atoms with Gasteiger partial charge in [-0.25, -0.2) is 0 Å². The number of ether oxygens (including phenoxy) is 2. The number of methoxy groups -OCH3 is 2. The predicted molar refractivity (Wildman–Crippen MR) is 79.5 cm³/mol. The number of nitriles is 1. The van der Waals surface area contributed by atoms with Crippen molar-refractivity contribution in [2.24, 2.45) is 5.92 Å². The molecule has 0 radical (unpaired) electrons. The first kappa shape index (κ1) is 15.4. The molecule has 0 bridgehead atoms. The van der Waals surface area contributed by atoms with Crippen LogP contribution in [0.3, 0.4) is 0 Å². The number of Topliss-reactive ketones (excluding diaryl/α,β-unsaturated/α-hetero) is 1. The van der Waals surface area contributed by atoms with E-state index < -0.39 is 0 Å². The molecule has 0 aromatic heterocycles. The fourth-order valence-corrected chi connectivity index (χ4v) is 3.33. The van der Waals surface area contributed by atoms with Gasteiger partial charge in [0.25, 0.3) is 0 Å². The Morgan fingerprint density at radius 1 is 1.33 bits per heavy atom. The molecular weight excluding hydrogens is 266 g/mol. The maximum absolute atomic E-state index is 11.7. The lowest BCUT2D eigenvalue weighted by atomic mass is 9.61. The highest BCUT2D eigenvalue weighted by Crippen LogP contribution is 2.46. The predicted octanol–water partition coefficient (Wildman–Crippen LogP) is 3.24. The van der Waals surface area contributed by atoms with E-state index in [9.17, 15) is 10.1 Å². The summed E-state index contributed by atoms with van der Waals surface area (Å²) in [5.41, 5.74) is 0.782. The van der Waals surface area contributed by atoms with Gasteiger partial charge in [-0.15, -0.1) is 0 Å². The van der Waals surface area contributed by atoms with E-state index in [1.807, 2.05) is 18.2 Å². The Labute approximate surface area is 125 Å². The Morgan fingerprint density at radius 3 is 2.62 bits per heavy atom. The fraction of sp³-hybridized carbons (Fsp3) is 0.529.